The molecule has 1 amide bonds. The Kier molecular flexibility index (Phi) is 3.98. The molecule has 2 N–H and O–H groups in total. The van der Waals surface area contributed by atoms with Crippen molar-refractivity contribution in [2.24, 2.45) is 0 Å². The van der Waals surface area contributed by atoms with Crippen LogP contribution in [-0.2, 0) is 11.3 Å². The van der Waals surface area contributed by atoms with E-state index in [4.69, 9.17) is 15.2 Å². The summed E-state index contributed by atoms with van der Waals surface area (Å²) in [5.74, 6) is 0.742. The average molecular weight is 291 g/mol. The van der Waals surface area contributed by atoms with E-state index in [0.29, 0.717) is 24.4 Å². The molecule has 0 radical (unpaired) electrons. The van der Waals surface area contributed by atoms with E-state index >= 15 is 0 Å². The van der Waals surface area contributed by atoms with Crippen LogP contribution < -0.4 is 10.5 Å². The molecule has 1 saturated heterocycles. The molecule has 1 fully saturated rings. The molecule has 1 aromatic carbocycles. The number of morpholine rings is 1. The van der Waals surface area contributed by atoms with E-state index < -0.39 is 0 Å². The minimum Gasteiger partial charge on any atom is -0.492 e. The normalized spacial score (nSPS) is 18.9. The zero-order valence-corrected chi connectivity index (χ0v) is 12.3. The van der Waals surface area contributed by atoms with Gasteiger partial charge in [0.2, 0.25) is 0 Å². The second-order valence-electron chi connectivity index (χ2n) is 5.47. The van der Waals surface area contributed by atoms with Crippen LogP contribution in [0.2, 0.25) is 0 Å². The van der Waals surface area contributed by atoms with Gasteiger partial charge in [-0.2, -0.15) is 0 Å². The van der Waals surface area contributed by atoms with Crippen molar-refractivity contribution in [3.05, 3.63) is 23.3 Å². The molecule has 6 nitrogen and oxygen atoms in total. The monoisotopic (exact) mass is 291 g/mol. The van der Waals surface area contributed by atoms with Gasteiger partial charge in [0, 0.05) is 37.9 Å². The molecule has 0 aliphatic carbocycles. The summed E-state index contributed by atoms with van der Waals surface area (Å²) in [5, 5.41) is 0. The van der Waals surface area contributed by atoms with Crippen LogP contribution >= 0.6 is 0 Å². The number of amides is 1. The Hall–Kier alpha value is -1.79. The lowest BCUT2D eigenvalue weighted by Crippen LogP contribution is -2.38. The first kappa shape index (κ1) is 14.2. The number of anilines is 1. The fourth-order valence-electron chi connectivity index (χ4n) is 2.80. The molecule has 0 atom stereocenters. The van der Waals surface area contributed by atoms with Gasteiger partial charge in [0.1, 0.15) is 12.4 Å². The molecule has 0 bridgehead atoms. The first-order valence-electron chi connectivity index (χ1n) is 7.26. The van der Waals surface area contributed by atoms with Crippen LogP contribution in [0.5, 0.6) is 5.75 Å². The van der Waals surface area contributed by atoms with Gasteiger partial charge in [-0.05, 0) is 12.1 Å². The van der Waals surface area contributed by atoms with Gasteiger partial charge in [0.05, 0.1) is 25.3 Å². The van der Waals surface area contributed by atoms with Crippen LogP contribution in [0.25, 0.3) is 0 Å². The van der Waals surface area contributed by atoms with Crippen molar-refractivity contribution in [1.82, 2.24) is 9.80 Å². The summed E-state index contributed by atoms with van der Waals surface area (Å²) < 4.78 is 11.2. The van der Waals surface area contributed by atoms with Crippen LogP contribution in [0.1, 0.15) is 15.9 Å². The molecular formula is C15H21N3O3. The number of nitrogens with two attached hydrogens (primary N) is 1. The number of hydrogen-bond donors (Lipinski definition) is 1. The predicted octanol–water partition coefficient (Wildman–Crippen LogP) is 0.565. The van der Waals surface area contributed by atoms with Crippen molar-refractivity contribution in [1.29, 1.82) is 0 Å². The van der Waals surface area contributed by atoms with Crippen LogP contribution in [0.4, 0.5) is 5.69 Å². The molecule has 6 heteroatoms. The second-order valence-corrected chi connectivity index (χ2v) is 5.47. The zero-order chi connectivity index (χ0) is 14.8. The quantitative estimate of drug-likeness (QED) is 0.821. The van der Waals surface area contributed by atoms with Crippen molar-refractivity contribution < 1.29 is 14.3 Å². The molecule has 2 heterocycles. The first-order valence-corrected chi connectivity index (χ1v) is 7.26. The highest BCUT2D eigenvalue weighted by Gasteiger charge is 2.29. The standard InChI is InChI=1S/C15H21N3O3/c1-17-10-11-13(3-2-12(16)14(11)15(17)19)21-9-6-18-4-7-20-8-5-18/h2-3H,4-10,16H2,1H3. The topological polar surface area (TPSA) is 68.0 Å². The van der Waals surface area contributed by atoms with Gasteiger partial charge < -0.3 is 20.1 Å². The maximum atomic E-state index is 12.1. The van der Waals surface area contributed by atoms with Gasteiger partial charge in [-0.25, -0.2) is 0 Å². The Morgan fingerprint density at radius 2 is 2.10 bits per heavy atom. The van der Waals surface area contributed by atoms with Crippen LogP contribution in [0.3, 0.4) is 0 Å². The molecule has 0 aromatic heterocycles. The average Bonchev–Trinajstić information content (AvgIpc) is 2.79. The number of nitrogens with zero attached hydrogens (tertiary/aromatic N) is 2. The summed E-state index contributed by atoms with van der Waals surface area (Å²) in [5.41, 5.74) is 7.95. The van der Waals surface area contributed by atoms with Crippen molar-refractivity contribution in [2.45, 2.75) is 6.54 Å². The molecule has 114 valence electrons. The summed E-state index contributed by atoms with van der Waals surface area (Å²) in [4.78, 5) is 16.0. The van der Waals surface area contributed by atoms with E-state index in [1.54, 1.807) is 18.0 Å². The predicted molar refractivity (Wildman–Crippen MR) is 79.4 cm³/mol. The summed E-state index contributed by atoms with van der Waals surface area (Å²) in [6, 6.07) is 3.61. The van der Waals surface area contributed by atoms with Crippen LogP contribution in [0, 0.1) is 0 Å². The molecule has 21 heavy (non-hydrogen) atoms. The van der Waals surface area contributed by atoms with E-state index in [1.165, 1.54) is 0 Å². The van der Waals surface area contributed by atoms with E-state index in [-0.39, 0.29) is 5.91 Å². The summed E-state index contributed by atoms with van der Waals surface area (Å²) in [7, 11) is 1.78. The third kappa shape index (κ3) is 2.82. The van der Waals surface area contributed by atoms with Gasteiger partial charge in [-0.1, -0.05) is 0 Å². The van der Waals surface area contributed by atoms with Gasteiger partial charge in [0.25, 0.3) is 5.91 Å². The summed E-state index contributed by atoms with van der Waals surface area (Å²) in [6.45, 7) is 5.51. The third-order valence-electron chi connectivity index (χ3n) is 4.03. The fraction of sp³-hybridized carbons (Fsp3) is 0.533. The van der Waals surface area contributed by atoms with Crippen LogP contribution in [-0.4, -0.2) is 62.2 Å². The van der Waals surface area contributed by atoms with Crippen molar-refractivity contribution in [3.63, 3.8) is 0 Å². The SMILES string of the molecule is CN1Cc2c(OCCN3CCOCC3)ccc(N)c2C1=O. The number of benzene rings is 1. The lowest BCUT2D eigenvalue weighted by atomic mass is 10.1. The molecule has 2 aliphatic rings. The van der Waals surface area contributed by atoms with Gasteiger partial charge in [-0.15, -0.1) is 0 Å². The highest BCUT2D eigenvalue weighted by Crippen LogP contribution is 2.34. The number of nitrogen functional groups attached to an aromatic ring is 1. The van der Waals surface area contributed by atoms with Crippen molar-refractivity contribution in [2.75, 3.05) is 52.2 Å². The minimum atomic E-state index is -0.0267. The Morgan fingerprint density at radius 3 is 2.86 bits per heavy atom. The lowest BCUT2D eigenvalue weighted by Gasteiger charge is -2.26. The minimum absolute atomic E-state index is 0.0267. The number of carbonyl (C=O) groups excluding carboxylic acids is 1. The maximum Gasteiger partial charge on any atom is 0.256 e. The molecule has 0 spiro atoms. The van der Waals surface area contributed by atoms with E-state index in [0.717, 1.165) is 44.2 Å². The number of fused-ring (bicyclic) bond motifs is 1. The summed E-state index contributed by atoms with van der Waals surface area (Å²) in [6.07, 6.45) is 0. The zero-order valence-electron chi connectivity index (χ0n) is 12.3. The third-order valence-corrected chi connectivity index (χ3v) is 4.03. The second kappa shape index (κ2) is 5.91. The Balaban J connectivity index is 1.65. The van der Waals surface area contributed by atoms with Gasteiger partial charge >= 0.3 is 0 Å². The molecular weight excluding hydrogens is 270 g/mol. The molecule has 2 aliphatic heterocycles. The first-order chi connectivity index (χ1) is 10.2. The van der Waals surface area contributed by atoms with Gasteiger partial charge in [-0.3, -0.25) is 9.69 Å². The van der Waals surface area contributed by atoms with E-state index in [9.17, 15) is 4.79 Å². The Labute approximate surface area is 124 Å². The highest BCUT2D eigenvalue weighted by molar-refractivity contribution is 6.03. The lowest BCUT2D eigenvalue weighted by molar-refractivity contribution is 0.0322. The van der Waals surface area contributed by atoms with E-state index in [1.807, 2.05) is 6.07 Å². The number of rotatable bonds is 4. The number of carbonyl (C=O) groups is 1. The van der Waals surface area contributed by atoms with E-state index in [2.05, 4.69) is 4.90 Å². The molecule has 1 aromatic rings. The highest BCUT2D eigenvalue weighted by atomic mass is 16.5. The largest absolute Gasteiger partial charge is 0.492 e. The van der Waals surface area contributed by atoms with Gasteiger partial charge in [0.15, 0.2) is 0 Å². The number of hydrogen-bond acceptors (Lipinski definition) is 5. The maximum absolute atomic E-state index is 12.1. The molecule has 0 saturated carbocycles. The molecule has 3 rings (SSSR count). The Morgan fingerprint density at radius 1 is 1.33 bits per heavy atom. The molecule has 0 unspecified atom stereocenters. The fourth-order valence-corrected chi connectivity index (χ4v) is 2.80. The van der Waals surface area contributed by atoms with Crippen molar-refractivity contribution >= 4 is 11.6 Å². The smallest absolute Gasteiger partial charge is 0.256 e. The Bertz CT molecular complexity index is 541. The van der Waals surface area contributed by atoms with Crippen LogP contribution in [0.15, 0.2) is 12.1 Å². The van der Waals surface area contributed by atoms with Crippen molar-refractivity contribution in [3.8, 4) is 5.75 Å². The number of ether oxygens (including phenoxy) is 2. The summed E-state index contributed by atoms with van der Waals surface area (Å²) >= 11 is 0.